The molecule has 0 aliphatic rings. The lowest BCUT2D eigenvalue weighted by molar-refractivity contribution is -0.117. The van der Waals surface area contributed by atoms with Crippen molar-refractivity contribution < 1.29 is 22.7 Å². The van der Waals surface area contributed by atoms with Gasteiger partial charge in [0.15, 0.2) is 11.6 Å². The van der Waals surface area contributed by atoms with Gasteiger partial charge in [-0.05, 0) is 37.3 Å². The SMILES string of the molecule is COc1cc(Nc2nc3ccccc3nc2NS(=O)(=O)c2cccc(NC(=O)[C@H](C)N)c2)cc(OC)c1. The molecule has 11 nitrogen and oxygen atoms in total. The number of rotatable bonds is 9. The first-order chi connectivity index (χ1) is 17.7. The Bertz CT molecular complexity index is 1540. The first-order valence-electron chi connectivity index (χ1n) is 11.1. The lowest BCUT2D eigenvalue weighted by atomic mass is 10.2. The Balaban J connectivity index is 1.73. The summed E-state index contributed by atoms with van der Waals surface area (Å²) in [6.45, 7) is 1.53. The molecule has 0 spiro atoms. The zero-order valence-corrected chi connectivity index (χ0v) is 21.2. The van der Waals surface area contributed by atoms with E-state index in [1.54, 1.807) is 48.5 Å². The monoisotopic (exact) mass is 522 g/mol. The minimum atomic E-state index is -4.13. The molecule has 0 aliphatic heterocycles. The normalized spacial score (nSPS) is 12.0. The van der Waals surface area contributed by atoms with Crippen LogP contribution in [0.5, 0.6) is 11.5 Å². The van der Waals surface area contributed by atoms with Crippen LogP contribution in [0.3, 0.4) is 0 Å². The Morgan fingerprint density at radius 1 is 0.865 bits per heavy atom. The highest BCUT2D eigenvalue weighted by Gasteiger charge is 2.20. The Morgan fingerprint density at radius 2 is 1.49 bits per heavy atom. The van der Waals surface area contributed by atoms with E-state index in [0.29, 0.717) is 28.2 Å². The van der Waals surface area contributed by atoms with Gasteiger partial charge in [-0.25, -0.2) is 18.4 Å². The number of amides is 1. The van der Waals surface area contributed by atoms with Crippen molar-refractivity contribution in [2.24, 2.45) is 5.73 Å². The zero-order valence-electron chi connectivity index (χ0n) is 20.3. The third-order valence-electron chi connectivity index (χ3n) is 5.24. The number of carbonyl (C=O) groups excluding carboxylic acids is 1. The second kappa shape index (κ2) is 10.7. The van der Waals surface area contributed by atoms with E-state index >= 15 is 0 Å². The number of nitrogens with two attached hydrogens (primary N) is 1. The van der Waals surface area contributed by atoms with Crippen molar-refractivity contribution in [1.82, 2.24) is 9.97 Å². The quantitative estimate of drug-likeness (QED) is 0.258. The zero-order chi connectivity index (χ0) is 26.6. The number of anilines is 4. The highest BCUT2D eigenvalue weighted by Crippen LogP contribution is 2.31. The molecule has 192 valence electrons. The van der Waals surface area contributed by atoms with Gasteiger partial charge in [0.2, 0.25) is 5.91 Å². The maximum atomic E-state index is 13.3. The van der Waals surface area contributed by atoms with Crippen molar-refractivity contribution in [3.63, 3.8) is 0 Å². The molecular formula is C25H26N6O5S. The van der Waals surface area contributed by atoms with Crippen LogP contribution >= 0.6 is 0 Å². The summed E-state index contributed by atoms with van der Waals surface area (Å²) in [5, 5.41) is 5.69. The molecule has 0 saturated heterocycles. The van der Waals surface area contributed by atoms with Gasteiger partial charge in [-0.2, -0.15) is 0 Å². The Hall–Kier alpha value is -4.42. The molecule has 0 unspecified atom stereocenters. The van der Waals surface area contributed by atoms with E-state index in [9.17, 15) is 13.2 Å². The van der Waals surface area contributed by atoms with E-state index in [-0.39, 0.29) is 22.2 Å². The van der Waals surface area contributed by atoms with E-state index in [1.165, 1.54) is 39.3 Å². The van der Waals surface area contributed by atoms with E-state index in [1.807, 2.05) is 0 Å². The molecule has 4 aromatic rings. The number of fused-ring (bicyclic) bond motifs is 1. The number of methoxy groups -OCH3 is 2. The fraction of sp³-hybridized carbons (Fsp3) is 0.160. The lowest BCUT2D eigenvalue weighted by Crippen LogP contribution is -2.32. The van der Waals surface area contributed by atoms with Crippen molar-refractivity contribution in [1.29, 1.82) is 0 Å². The molecule has 4 rings (SSSR count). The Morgan fingerprint density at radius 3 is 2.08 bits per heavy atom. The molecule has 3 aromatic carbocycles. The second-order valence-electron chi connectivity index (χ2n) is 8.05. The average Bonchev–Trinajstić information content (AvgIpc) is 2.88. The number of para-hydroxylation sites is 2. The number of nitrogens with zero attached hydrogens (tertiary/aromatic N) is 2. The van der Waals surface area contributed by atoms with Gasteiger partial charge in [0.05, 0.1) is 36.2 Å². The van der Waals surface area contributed by atoms with Crippen LogP contribution in [0.25, 0.3) is 11.0 Å². The van der Waals surface area contributed by atoms with Gasteiger partial charge in [-0.1, -0.05) is 18.2 Å². The van der Waals surface area contributed by atoms with Crippen LogP contribution in [0.15, 0.2) is 71.6 Å². The average molecular weight is 523 g/mol. The van der Waals surface area contributed by atoms with Crippen LogP contribution in [0, 0.1) is 0 Å². The molecular weight excluding hydrogens is 496 g/mol. The van der Waals surface area contributed by atoms with Gasteiger partial charge in [0, 0.05) is 29.6 Å². The molecule has 37 heavy (non-hydrogen) atoms. The van der Waals surface area contributed by atoms with E-state index in [2.05, 4.69) is 25.3 Å². The number of ether oxygens (including phenoxy) is 2. The van der Waals surface area contributed by atoms with Crippen molar-refractivity contribution in [2.75, 3.05) is 29.6 Å². The van der Waals surface area contributed by atoms with E-state index in [4.69, 9.17) is 15.2 Å². The van der Waals surface area contributed by atoms with Crippen LogP contribution in [0.1, 0.15) is 6.92 Å². The number of nitrogens with one attached hydrogen (secondary N) is 3. The second-order valence-corrected chi connectivity index (χ2v) is 9.73. The highest BCUT2D eigenvalue weighted by molar-refractivity contribution is 7.92. The fourth-order valence-electron chi connectivity index (χ4n) is 3.36. The molecule has 0 bridgehead atoms. The van der Waals surface area contributed by atoms with Gasteiger partial charge < -0.3 is 25.8 Å². The smallest absolute Gasteiger partial charge is 0.263 e. The largest absolute Gasteiger partial charge is 0.497 e. The fourth-order valence-corrected chi connectivity index (χ4v) is 4.41. The van der Waals surface area contributed by atoms with Crippen molar-refractivity contribution in [3.05, 3.63) is 66.7 Å². The molecule has 0 aliphatic carbocycles. The van der Waals surface area contributed by atoms with Gasteiger partial charge in [0.25, 0.3) is 10.0 Å². The minimum Gasteiger partial charge on any atom is -0.497 e. The number of hydrogen-bond acceptors (Lipinski definition) is 9. The molecule has 5 N–H and O–H groups in total. The van der Waals surface area contributed by atoms with E-state index in [0.717, 1.165) is 0 Å². The minimum absolute atomic E-state index is 0.0227. The maximum Gasteiger partial charge on any atom is 0.263 e. The number of benzene rings is 3. The molecule has 0 radical (unpaired) electrons. The van der Waals surface area contributed by atoms with Crippen molar-refractivity contribution >= 4 is 50.0 Å². The Kier molecular flexibility index (Phi) is 7.41. The maximum absolute atomic E-state index is 13.3. The molecule has 1 atom stereocenters. The van der Waals surface area contributed by atoms with Crippen LogP contribution in [-0.4, -0.2) is 44.6 Å². The van der Waals surface area contributed by atoms with Gasteiger partial charge in [-0.15, -0.1) is 0 Å². The van der Waals surface area contributed by atoms with E-state index < -0.39 is 22.0 Å². The third-order valence-corrected chi connectivity index (χ3v) is 6.58. The first-order valence-corrected chi connectivity index (χ1v) is 12.6. The van der Waals surface area contributed by atoms with Crippen molar-refractivity contribution in [2.45, 2.75) is 17.9 Å². The highest BCUT2D eigenvalue weighted by atomic mass is 32.2. The van der Waals surface area contributed by atoms with Gasteiger partial charge in [0.1, 0.15) is 11.5 Å². The summed E-state index contributed by atoms with van der Waals surface area (Å²) in [6.07, 6.45) is 0. The standard InChI is InChI=1S/C25H26N6O5S/c1-15(26)25(32)28-16-7-6-8-20(13-16)37(33,34)31-24-23(29-21-9-4-5-10-22(21)30-24)27-17-11-18(35-2)14-19(12-17)36-3/h4-15H,26H2,1-3H3,(H,27,29)(H,28,32)(H,30,31)/t15-/m0/s1. The third kappa shape index (κ3) is 6.05. The molecule has 0 fully saturated rings. The molecule has 0 saturated carbocycles. The van der Waals surface area contributed by atoms with Crippen LogP contribution in [0.2, 0.25) is 0 Å². The summed E-state index contributed by atoms with van der Waals surface area (Å²) >= 11 is 0. The van der Waals surface area contributed by atoms with Crippen LogP contribution in [0.4, 0.5) is 23.0 Å². The topological polar surface area (TPSA) is 158 Å². The van der Waals surface area contributed by atoms with Crippen LogP contribution in [-0.2, 0) is 14.8 Å². The first kappa shape index (κ1) is 25.7. The summed E-state index contributed by atoms with van der Waals surface area (Å²) in [5.74, 6) is 0.763. The number of hydrogen-bond donors (Lipinski definition) is 4. The number of sulfonamides is 1. The van der Waals surface area contributed by atoms with Gasteiger partial charge >= 0.3 is 0 Å². The molecule has 12 heteroatoms. The summed E-state index contributed by atoms with van der Waals surface area (Å²) in [6, 6.07) is 17.3. The number of carbonyl (C=O) groups is 1. The van der Waals surface area contributed by atoms with Crippen molar-refractivity contribution in [3.8, 4) is 11.5 Å². The lowest BCUT2D eigenvalue weighted by Gasteiger charge is -2.15. The summed E-state index contributed by atoms with van der Waals surface area (Å²) in [5.41, 5.74) is 7.47. The summed E-state index contributed by atoms with van der Waals surface area (Å²) < 4.78 is 39.8. The van der Waals surface area contributed by atoms with Crippen LogP contribution < -0.4 is 30.6 Å². The predicted octanol–water partition coefficient (Wildman–Crippen LogP) is 3.48. The Labute approximate surface area is 214 Å². The molecule has 1 aromatic heterocycles. The predicted molar refractivity (Wildman–Crippen MR) is 142 cm³/mol. The summed E-state index contributed by atoms with van der Waals surface area (Å²) in [7, 11) is -1.07. The number of aromatic nitrogens is 2. The molecule has 1 heterocycles. The molecule has 1 amide bonds. The van der Waals surface area contributed by atoms with Gasteiger partial charge in [-0.3, -0.25) is 9.52 Å². The summed E-state index contributed by atoms with van der Waals surface area (Å²) in [4.78, 5) is 20.9.